The average Bonchev–Trinajstić information content (AvgIpc) is 2.92. The van der Waals surface area contributed by atoms with Gasteiger partial charge in [0.05, 0.1) is 12.3 Å². The van der Waals surface area contributed by atoms with Crippen LogP contribution in [0.15, 0.2) is 70.6 Å². The first kappa shape index (κ1) is 16.8. The molecular weight excluding hydrogens is 316 g/mol. The normalized spacial score (nSPS) is 10.9. The van der Waals surface area contributed by atoms with Gasteiger partial charge in [-0.3, -0.25) is 4.57 Å². The Morgan fingerprint density at radius 1 is 1.00 bits per heavy atom. The van der Waals surface area contributed by atoms with Crippen LogP contribution < -0.4 is 0 Å². The molecule has 0 spiro atoms. The maximum atomic E-state index is 5.93. The highest BCUT2D eigenvalue weighted by Crippen LogP contribution is 2.31. The molecule has 0 aliphatic rings. The Morgan fingerprint density at radius 3 is 2.33 bits per heavy atom. The van der Waals surface area contributed by atoms with Gasteiger partial charge in [0.15, 0.2) is 0 Å². The standard InChI is InChI=1S/C20H22N2OS/c1-3-19-20(24-18-12-8-5-9-13-18)22(16(2)21-19)15-23-14-17-10-6-4-7-11-17/h4-13H,3,14-15H2,1-2H3. The second kappa shape index (κ2) is 8.18. The van der Waals surface area contributed by atoms with Crippen LogP contribution in [0.5, 0.6) is 0 Å². The Bertz CT molecular complexity index is 769. The van der Waals surface area contributed by atoms with E-state index in [-0.39, 0.29) is 0 Å². The number of nitrogens with zero attached hydrogens (tertiary/aromatic N) is 2. The topological polar surface area (TPSA) is 27.1 Å². The number of ether oxygens (including phenoxy) is 1. The van der Waals surface area contributed by atoms with Crippen LogP contribution in [0.1, 0.15) is 24.0 Å². The summed E-state index contributed by atoms with van der Waals surface area (Å²) in [7, 11) is 0. The predicted molar refractivity (Wildman–Crippen MR) is 98.1 cm³/mol. The maximum absolute atomic E-state index is 5.93. The Labute approximate surface area is 147 Å². The van der Waals surface area contributed by atoms with Crippen LogP contribution in [0.3, 0.4) is 0 Å². The molecule has 4 heteroatoms. The third-order valence-electron chi connectivity index (χ3n) is 3.80. The minimum Gasteiger partial charge on any atom is -0.356 e. The molecule has 1 heterocycles. The van der Waals surface area contributed by atoms with Crippen molar-refractivity contribution < 1.29 is 4.74 Å². The molecule has 2 aromatic carbocycles. The lowest BCUT2D eigenvalue weighted by Gasteiger charge is -2.12. The summed E-state index contributed by atoms with van der Waals surface area (Å²) in [4.78, 5) is 5.93. The molecule has 0 aliphatic heterocycles. The second-order valence-corrected chi connectivity index (χ2v) is 6.63. The molecule has 0 saturated heterocycles. The fourth-order valence-corrected chi connectivity index (χ4v) is 3.65. The zero-order valence-corrected chi connectivity index (χ0v) is 14.9. The summed E-state index contributed by atoms with van der Waals surface area (Å²) >= 11 is 1.75. The SMILES string of the molecule is CCc1nc(C)n(COCc2ccccc2)c1Sc1ccccc1. The Kier molecular flexibility index (Phi) is 5.72. The number of benzene rings is 2. The van der Waals surface area contributed by atoms with Gasteiger partial charge in [0.25, 0.3) is 0 Å². The molecule has 0 N–H and O–H groups in total. The van der Waals surface area contributed by atoms with E-state index in [9.17, 15) is 0 Å². The van der Waals surface area contributed by atoms with E-state index >= 15 is 0 Å². The van der Waals surface area contributed by atoms with Crippen LogP contribution in [0.2, 0.25) is 0 Å². The van der Waals surface area contributed by atoms with E-state index in [0.29, 0.717) is 13.3 Å². The number of aromatic nitrogens is 2. The van der Waals surface area contributed by atoms with Crippen molar-refractivity contribution in [2.24, 2.45) is 0 Å². The van der Waals surface area contributed by atoms with E-state index in [0.717, 1.165) is 17.9 Å². The third-order valence-corrected chi connectivity index (χ3v) is 4.96. The van der Waals surface area contributed by atoms with Crippen LogP contribution in [-0.4, -0.2) is 9.55 Å². The fourth-order valence-electron chi connectivity index (χ4n) is 2.53. The zero-order chi connectivity index (χ0) is 16.8. The molecule has 3 aromatic rings. The number of aryl methyl sites for hydroxylation is 2. The summed E-state index contributed by atoms with van der Waals surface area (Å²) in [5.74, 6) is 0.998. The Balaban J connectivity index is 1.75. The van der Waals surface area contributed by atoms with Crippen molar-refractivity contribution in [1.82, 2.24) is 9.55 Å². The van der Waals surface area contributed by atoms with Crippen molar-refractivity contribution in [3.8, 4) is 0 Å². The summed E-state index contributed by atoms with van der Waals surface area (Å²) in [5.41, 5.74) is 2.31. The van der Waals surface area contributed by atoms with Gasteiger partial charge >= 0.3 is 0 Å². The summed E-state index contributed by atoms with van der Waals surface area (Å²) in [6, 6.07) is 20.7. The van der Waals surface area contributed by atoms with Crippen LogP contribution in [0.25, 0.3) is 0 Å². The quantitative estimate of drug-likeness (QED) is 0.601. The maximum Gasteiger partial charge on any atom is 0.125 e. The first-order chi connectivity index (χ1) is 11.8. The monoisotopic (exact) mass is 338 g/mol. The van der Waals surface area contributed by atoms with Crippen LogP contribution in [0, 0.1) is 6.92 Å². The minimum atomic E-state index is 0.517. The van der Waals surface area contributed by atoms with E-state index in [2.05, 4.69) is 47.9 Å². The lowest BCUT2D eigenvalue weighted by molar-refractivity contribution is 0.0577. The van der Waals surface area contributed by atoms with Crippen molar-refractivity contribution in [3.05, 3.63) is 77.7 Å². The molecule has 0 amide bonds. The Hall–Kier alpha value is -2.04. The number of imidazole rings is 1. The van der Waals surface area contributed by atoms with E-state index in [1.54, 1.807) is 11.8 Å². The predicted octanol–water partition coefficient (Wildman–Crippen LogP) is 5.08. The molecule has 0 saturated carbocycles. The van der Waals surface area contributed by atoms with Gasteiger partial charge in [0, 0.05) is 4.90 Å². The van der Waals surface area contributed by atoms with Gasteiger partial charge in [-0.05, 0) is 31.0 Å². The largest absolute Gasteiger partial charge is 0.356 e. The van der Waals surface area contributed by atoms with Crippen molar-refractivity contribution in [2.45, 2.75) is 43.5 Å². The van der Waals surface area contributed by atoms with Gasteiger partial charge in [-0.25, -0.2) is 4.98 Å². The lowest BCUT2D eigenvalue weighted by atomic mass is 10.2. The number of hydrogen-bond donors (Lipinski definition) is 0. The molecular formula is C20H22N2OS. The molecule has 0 radical (unpaired) electrons. The summed E-state index contributed by atoms with van der Waals surface area (Å²) in [5, 5.41) is 1.18. The second-order valence-electron chi connectivity index (χ2n) is 5.57. The minimum absolute atomic E-state index is 0.517. The van der Waals surface area contributed by atoms with Crippen LogP contribution in [-0.2, 0) is 24.5 Å². The average molecular weight is 338 g/mol. The highest BCUT2D eigenvalue weighted by Gasteiger charge is 2.15. The van der Waals surface area contributed by atoms with Crippen LogP contribution >= 0.6 is 11.8 Å². The molecule has 0 atom stereocenters. The number of hydrogen-bond acceptors (Lipinski definition) is 3. The molecule has 24 heavy (non-hydrogen) atoms. The summed E-state index contributed by atoms with van der Waals surface area (Å²) in [6.45, 7) is 5.31. The highest BCUT2D eigenvalue weighted by molar-refractivity contribution is 7.99. The molecule has 0 unspecified atom stereocenters. The van der Waals surface area contributed by atoms with E-state index in [4.69, 9.17) is 9.72 Å². The molecule has 0 fully saturated rings. The van der Waals surface area contributed by atoms with Crippen molar-refractivity contribution in [3.63, 3.8) is 0 Å². The molecule has 3 rings (SSSR count). The Morgan fingerprint density at radius 2 is 1.67 bits per heavy atom. The first-order valence-electron chi connectivity index (χ1n) is 8.18. The van der Waals surface area contributed by atoms with Gasteiger partial charge in [-0.15, -0.1) is 0 Å². The van der Waals surface area contributed by atoms with E-state index in [1.165, 1.54) is 15.5 Å². The van der Waals surface area contributed by atoms with E-state index < -0.39 is 0 Å². The zero-order valence-electron chi connectivity index (χ0n) is 14.1. The molecule has 1 aromatic heterocycles. The van der Waals surface area contributed by atoms with Gasteiger partial charge in [-0.1, -0.05) is 67.2 Å². The third kappa shape index (κ3) is 4.08. The molecule has 3 nitrogen and oxygen atoms in total. The van der Waals surface area contributed by atoms with Gasteiger partial charge < -0.3 is 4.74 Å². The highest BCUT2D eigenvalue weighted by atomic mass is 32.2. The van der Waals surface area contributed by atoms with Crippen LogP contribution in [0.4, 0.5) is 0 Å². The van der Waals surface area contributed by atoms with Crippen molar-refractivity contribution >= 4 is 11.8 Å². The van der Waals surface area contributed by atoms with Gasteiger partial charge in [0.1, 0.15) is 17.6 Å². The van der Waals surface area contributed by atoms with E-state index in [1.807, 2.05) is 31.2 Å². The molecule has 124 valence electrons. The lowest BCUT2D eigenvalue weighted by Crippen LogP contribution is -2.06. The van der Waals surface area contributed by atoms with Crippen molar-refractivity contribution in [2.75, 3.05) is 0 Å². The van der Waals surface area contributed by atoms with Gasteiger partial charge in [0.2, 0.25) is 0 Å². The summed E-state index contributed by atoms with van der Waals surface area (Å²) in [6.07, 6.45) is 0.918. The smallest absolute Gasteiger partial charge is 0.125 e. The van der Waals surface area contributed by atoms with Crippen molar-refractivity contribution in [1.29, 1.82) is 0 Å². The molecule has 0 bridgehead atoms. The number of rotatable bonds is 7. The summed E-state index contributed by atoms with van der Waals surface area (Å²) < 4.78 is 8.10. The first-order valence-corrected chi connectivity index (χ1v) is 9.00. The van der Waals surface area contributed by atoms with Gasteiger partial charge in [-0.2, -0.15) is 0 Å². The molecule has 0 aliphatic carbocycles. The fraction of sp³-hybridized carbons (Fsp3) is 0.250.